The van der Waals surface area contributed by atoms with E-state index in [0.717, 1.165) is 54.6 Å². The van der Waals surface area contributed by atoms with Crippen LogP contribution in [0.25, 0.3) is 11.0 Å². The predicted molar refractivity (Wildman–Crippen MR) is 121 cm³/mol. The number of hydrogen-bond acceptors (Lipinski definition) is 4. The van der Waals surface area contributed by atoms with E-state index in [2.05, 4.69) is 31.7 Å². The minimum absolute atomic E-state index is 0.274. The lowest BCUT2D eigenvalue weighted by Crippen LogP contribution is -2.35. The van der Waals surface area contributed by atoms with Crippen molar-refractivity contribution in [2.75, 3.05) is 13.1 Å². The average Bonchev–Trinajstić information content (AvgIpc) is 2.73. The lowest BCUT2D eigenvalue weighted by atomic mass is 9.87. The van der Waals surface area contributed by atoms with E-state index in [9.17, 15) is 9.90 Å². The third kappa shape index (κ3) is 4.35. The van der Waals surface area contributed by atoms with Gasteiger partial charge in [0.05, 0.1) is 6.10 Å². The summed E-state index contributed by atoms with van der Waals surface area (Å²) in [7, 11) is 0. The first kappa shape index (κ1) is 20.8. The van der Waals surface area contributed by atoms with Gasteiger partial charge in [-0.3, -0.25) is 4.90 Å². The molecule has 1 unspecified atom stereocenters. The Balaban J connectivity index is 1.51. The molecule has 1 aliphatic rings. The summed E-state index contributed by atoms with van der Waals surface area (Å²) in [4.78, 5) is 14.5. The van der Waals surface area contributed by atoms with Crippen molar-refractivity contribution in [2.45, 2.75) is 52.2 Å². The van der Waals surface area contributed by atoms with Crippen LogP contribution in [0.1, 0.15) is 61.0 Å². The molecule has 2 aromatic carbocycles. The average molecular weight is 406 g/mol. The molecule has 1 N–H and O–H groups in total. The van der Waals surface area contributed by atoms with Gasteiger partial charge >= 0.3 is 5.63 Å². The van der Waals surface area contributed by atoms with Crippen LogP contribution in [0.2, 0.25) is 0 Å². The van der Waals surface area contributed by atoms with Gasteiger partial charge in [-0.25, -0.2) is 4.79 Å². The van der Waals surface area contributed by atoms with Crippen molar-refractivity contribution in [3.63, 3.8) is 0 Å². The van der Waals surface area contributed by atoms with Crippen LogP contribution < -0.4 is 5.63 Å². The van der Waals surface area contributed by atoms with E-state index >= 15 is 0 Å². The highest BCUT2D eigenvalue weighted by Gasteiger charge is 2.26. The van der Waals surface area contributed by atoms with E-state index in [1.54, 1.807) is 6.07 Å². The van der Waals surface area contributed by atoms with Crippen molar-refractivity contribution >= 4 is 11.0 Å². The molecule has 3 aromatic rings. The topological polar surface area (TPSA) is 53.7 Å². The second kappa shape index (κ2) is 8.75. The van der Waals surface area contributed by atoms with Crippen molar-refractivity contribution in [2.24, 2.45) is 5.92 Å². The summed E-state index contributed by atoms with van der Waals surface area (Å²) in [5.41, 5.74) is 4.87. The number of aryl methyl sites for hydroxylation is 1. The molecule has 4 rings (SSSR count). The summed E-state index contributed by atoms with van der Waals surface area (Å²) in [6, 6.07) is 15.8. The van der Waals surface area contributed by atoms with Crippen molar-refractivity contribution in [1.29, 1.82) is 0 Å². The van der Waals surface area contributed by atoms with Gasteiger partial charge in [0, 0.05) is 18.0 Å². The molecule has 1 aliphatic heterocycles. The van der Waals surface area contributed by atoms with E-state index in [-0.39, 0.29) is 11.5 Å². The Labute approximate surface area is 178 Å². The molecular formula is C26H31NO3. The zero-order chi connectivity index (χ0) is 21.3. The first-order valence-electron chi connectivity index (χ1n) is 10.9. The molecule has 1 aromatic heterocycles. The number of aliphatic hydroxyl groups is 1. The van der Waals surface area contributed by atoms with Gasteiger partial charge in [0.2, 0.25) is 0 Å². The summed E-state index contributed by atoms with van der Waals surface area (Å²) >= 11 is 0. The van der Waals surface area contributed by atoms with Crippen molar-refractivity contribution < 1.29 is 9.52 Å². The second-order valence-corrected chi connectivity index (χ2v) is 8.92. The number of likely N-dealkylation sites (tertiary alicyclic amines) is 1. The first-order valence-corrected chi connectivity index (χ1v) is 10.9. The molecule has 0 saturated carbocycles. The van der Waals surface area contributed by atoms with Gasteiger partial charge < -0.3 is 9.52 Å². The molecule has 0 spiro atoms. The van der Waals surface area contributed by atoms with Crippen LogP contribution in [0, 0.1) is 12.8 Å². The third-order valence-electron chi connectivity index (χ3n) is 6.45. The Kier molecular flexibility index (Phi) is 6.07. The zero-order valence-corrected chi connectivity index (χ0v) is 18.1. The Morgan fingerprint density at radius 2 is 1.80 bits per heavy atom. The number of rotatable bonds is 5. The van der Waals surface area contributed by atoms with Crippen LogP contribution in [0.4, 0.5) is 0 Å². The summed E-state index contributed by atoms with van der Waals surface area (Å²) < 4.78 is 5.50. The molecule has 0 aliphatic carbocycles. The minimum atomic E-state index is -0.408. The van der Waals surface area contributed by atoms with Crippen molar-refractivity contribution in [3.05, 3.63) is 81.2 Å². The Morgan fingerprint density at radius 1 is 1.10 bits per heavy atom. The molecule has 0 amide bonds. The van der Waals surface area contributed by atoms with Gasteiger partial charge in [0.25, 0.3) is 0 Å². The highest BCUT2D eigenvalue weighted by molar-refractivity contribution is 5.82. The maximum absolute atomic E-state index is 12.2. The lowest BCUT2D eigenvalue weighted by molar-refractivity contribution is 0.0568. The fourth-order valence-corrected chi connectivity index (χ4v) is 4.73. The molecule has 158 valence electrons. The number of aliphatic hydroxyl groups excluding tert-OH is 1. The fraction of sp³-hybridized carbons (Fsp3) is 0.423. The zero-order valence-electron chi connectivity index (χ0n) is 18.1. The Morgan fingerprint density at radius 3 is 2.47 bits per heavy atom. The van der Waals surface area contributed by atoms with Crippen LogP contribution in [-0.4, -0.2) is 23.1 Å². The third-order valence-corrected chi connectivity index (χ3v) is 6.45. The number of hydrogen-bond donors (Lipinski definition) is 1. The smallest absolute Gasteiger partial charge is 0.336 e. The largest absolute Gasteiger partial charge is 0.423 e. The fourth-order valence-electron chi connectivity index (χ4n) is 4.73. The van der Waals surface area contributed by atoms with E-state index in [4.69, 9.17) is 4.42 Å². The lowest BCUT2D eigenvalue weighted by Gasteiger charge is -2.34. The molecule has 0 bridgehead atoms. The highest BCUT2D eigenvalue weighted by Crippen LogP contribution is 2.32. The minimum Gasteiger partial charge on any atom is -0.423 e. The van der Waals surface area contributed by atoms with E-state index < -0.39 is 6.10 Å². The Hall–Kier alpha value is -2.43. The maximum atomic E-state index is 12.2. The van der Waals surface area contributed by atoms with Crippen LogP contribution in [-0.2, 0) is 6.54 Å². The molecule has 2 heterocycles. The summed E-state index contributed by atoms with van der Waals surface area (Å²) in [5, 5.41) is 11.8. The van der Waals surface area contributed by atoms with Crippen LogP contribution in [0.5, 0.6) is 0 Å². The molecule has 0 radical (unpaired) electrons. The molecular weight excluding hydrogens is 374 g/mol. The maximum Gasteiger partial charge on any atom is 0.336 e. The van der Waals surface area contributed by atoms with Gasteiger partial charge in [0.1, 0.15) is 5.58 Å². The van der Waals surface area contributed by atoms with E-state index in [1.807, 2.05) is 36.4 Å². The monoisotopic (exact) mass is 405 g/mol. The number of nitrogens with zero attached hydrogens (tertiary/aromatic N) is 1. The molecule has 1 saturated heterocycles. The van der Waals surface area contributed by atoms with E-state index in [0.29, 0.717) is 11.5 Å². The van der Waals surface area contributed by atoms with Gasteiger partial charge in [-0.15, -0.1) is 0 Å². The van der Waals surface area contributed by atoms with E-state index in [1.165, 1.54) is 5.56 Å². The van der Waals surface area contributed by atoms with Gasteiger partial charge in [-0.1, -0.05) is 44.2 Å². The van der Waals surface area contributed by atoms with Gasteiger partial charge in [-0.2, -0.15) is 0 Å². The Bertz CT molecular complexity index is 1060. The number of fused-ring (bicyclic) bond motifs is 1. The summed E-state index contributed by atoms with van der Waals surface area (Å²) in [6.45, 7) is 9.02. The van der Waals surface area contributed by atoms with Crippen molar-refractivity contribution in [1.82, 2.24) is 4.90 Å². The number of piperidine rings is 1. The summed E-state index contributed by atoms with van der Waals surface area (Å²) in [6.07, 6.45) is 1.49. The molecule has 1 fully saturated rings. The highest BCUT2D eigenvalue weighted by atomic mass is 16.4. The van der Waals surface area contributed by atoms with Gasteiger partial charge in [0.15, 0.2) is 0 Å². The number of benzene rings is 2. The normalized spacial score (nSPS) is 17.0. The van der Waals surface area contributed by atoms with Crippen LogP contribution in [0.3, 0.4) is 0 Å². The summed E-state index contributed by atoms with van der Waals surface area (Å²) in [5.74, 6) is 0.695. The molecule has 30 heavy (non-hydrogen) atoms. The van der Waals surface area contributed by atoms with Gasteiger partial charge in [-0.05, 0) is 79.1 Å². The quantitative estimate of drug-likeness (QED) is 0.595. The predicted octanol–water partition coefficient (Wildman–Crippen LogP) is 5.17. The molecule has 4 nitrogen and oxygen atoms in total. The van der Waals surface area contributed by atoms with Crippen LogP contribution >= 0.6 is 0 Å². The van der Waals surface area contributed by atoms with Crippen molar-refractivity contribution in [3.8, 4) is 0 Å². The second-order valence-electron chi connectivity index (χ2n) is 8.92. The standard InChI is InChI=1S/C26H31NO3/c1-17(2)22-15-23-21(14-25(28)30-24(23)13-18(22)3)16-27-11-9-20(10-12-27)26(29)19-7-5-4-6-8-19/h4-8,13-15,17,20,26,29H,9-12,16H2,1-3H3. The SMILES string of the molecule is Cc1cc2oc(=O)cc(CN3CCC(C(O)c4ccccc4)CC3)c2cc1C(C)C. The van der Waals surface area contributed by atoms with Crippen LogP contribution in [0.15, 0.2) is 57.7 Å². The molecule has 4 heteroatoms. The first-order chi connectivity index (χ1) is 14.4. The molecule has 1 atom stereocenters.